The van der Waals surface area contributed by atoms with Gasteiger partial charge in [-0.1, -0.05) is 6.08 Å². The number of rotatable bonds is 5. The molecule has 0 aliphatic heterocycles. The van der Waals surface area contributed by atoms with E-state index in [9.17, 15) is 13.2 Å². The average Bonchev–Trinajstić information content (AvgIpc) is 2.02. The molecule has 0 aromatic rings. The lowest BCUT2D eigenvalue weighted by Crippen LogP contribution is -2.47. The Labute approximate surface area is 84.1 Å². The third-order valence-electron chi connectivity index (χ3n) is 1.57. The van der Waals surface area contributed by atoms with Crippen molar-refractivity contribution in [2.75, 3.05) is 0 Å². The van der Waals surface area contributed by atoms with Crippen LogP contribution < -0.4 is 5.73 Å². The van der Waals surface area contributed by atoms with E-state index >= 15 is 0 Å². The predicted molar refractivity (Wildman–Crippen MR) is 53.3 cm³/mol. The second-order valence-corrected chi connectivity index (χ2v) is 3.67. The van der Waals surface area contributed by atoms with E-state index in [0.717, 1.165) is 5.37 Å². The molecule has 80 valence electrons. The summed E-state index contributed by atoms with van der Waals surface area (Å²) in [6.07, 6.45) is 0.968. The summed E-state index contributed by atoms with van der Waals surface area (Å²) >= 11 is 0. The van der Waals surface area contributed by atoms with E-state index in [4.69, 9.17) is 10.5 Å². The van der Waals surface area contributed by atoms with Crippen LogP contribution in [0.3, 0.4) is 0 Å². The zero-order valence-corrected chi connectivity index (χ0v) is 8.87. The molecule has 5 nitrogen and oxygen atoms in total. The first-order valence-electron chi connectivity index (χ1n) is 3.86. The standard InChI is InChI=1S/C8H13NO4S/c1-4-6(2)13-8(3,7(9)10)5-14(11)12/h4-6H,1H2,2-3H3,(H2,9,10). The average molecular weight is 219 g/mol. The summed E-state index contributed by atoms with van der Waals surface area (Å²) in [6.45, 7) is 6.34. The highest BCUT2D eigenvalue weighted by Gasteiger charge is 2.32. The number of ether oxygens (including phenoxy) is 1. The van der Waals surface area contributed by atoms with Crippen LogP contribution >= 0.6 is 0 Å². The molecule has 6 heteroatoms. The van der Waals surface area contributed by atoms with Crippen LogP contribution in [0.2, 0.25) is 0 Å². The molecule has 0 aromatic heterocycles. The zero-order valence-electron chi connectivity index (χ0n) is 8.06. The number of hydrogen-bond donors (Lipinski definition) is 1. The van der Waals surface area contributed by atoms with Crippen LogP contribution in [0, 0.1) is 0 Å². The maximum Gasteiger partial charge on any atom is 0.254 e. The van der Waals surface area contributed by atoms with E-state index in [1.807, 2.05) is 0 Å². The molecule has 0 rings (SSSR count). The molecule has 2 atom stereocenters. The fraction of sp³-hybridized carbons (Fsp3) is 0.500. The van der Waals surface area contributed by atoms with E-state index in [2.05, 4.69) is 6.58 Å². The Kier molecular flexibility index (Phi) is 4.52. The summed E-state index contributed by atoms with van der Waals surface area (Å²) in [5.74, 6) is -0.865. The summed E-state index contributed by atoms with van der Waals surface area (Å²) in [6, 6.07) is 0. The Morgan fingerprint density at radius 1 is 1.64 bits per heavy atom. The lowest BCUT2D eigenvalue weighted by Gasteiger charge is -2.23. The summed E-state index contributed by atoms with van der Waals surface area (Å²) in [5, 5.41) is 0.718. The van der Waals surface area contributed by atoms with Gasteiger partial charge in [0, 0.05) is 0 Å². The van der Waals surface area contributed by atoms with Gasteiger partial charge < -0.3 is 10.5 Å². The lowest BCUT2D eigenvalue weighted by molar-refractivity contribution is -0.135. The first-order chi connectivity index (χ1) is 6.31. The summed E-state index contributed by atoms with van der Waals surface area (Å²) in [7, 11) is -2.51. The van der Waals surface area contributed by atoms with Gasteiger partial charge in [-0.05, 0) is 13.8 Å². The fourth-order valence-corrected chi connectivity index (χ4v) is 1.30. The van der Waals surface area contributed by atoms with E-state index < -0.39 is 27.9 Å². The van der Waals surface area contributed by atoms with Gasteiger partial charge in [-0.15, -0.1) is 6.58 Å². The molecule has 0 spiro atoms. The predicted octanol–water partition coefficient (Wildman–Crippen LogP) is -0.497. The Balaban J connectivity index is 5.01. The smallest absolute Gasteiger partial charge is 0.254 e. The van der Waals surface area contributed by atoms with Crippen molar-refractivity contribution in [3.63, 3.8) is 0 Å². The topological polar surface area (TPSA) is 86.5 Å². The van der Waals surface area contributed by atoms with Gasteiger partial charge >= 0.3 is 0 Å². The van der Waals surface area contributed by atoms with Crippen molar-refractivity contribution in [2.45, 2.75) is 25.6 Å². The normalized spacial score (nSPS) is 16.4. The summed E-state index contributed by atoms with van der Waals surface area (Å²) in [5.41, 5.74) is 3.39. The molecule has 1 amide bonds. The van der Waals surface area contributed by atoms with Crippen molar-refractivity contribution in [3.8, 4) is 0 Å². The third kappa shape index (κ3) is 3.71. The Bertz CT molecular complexity index is 352. The molecule has 0 heterocycles. The second kappa shape index (κ2) is 4.92. The minimum absolute atomic E-state index is 0.465. The Morgan fingerprint density at radius 3 is 2.43 bits per heavy atom. The molecule has 0 saturated carbocycles. The van der Waals surface area contributed by atoms with Gasteiger partial charge in [-0.25, -0.2) is 0 Å². The van der Waals surface area contributed by atoms with Gasteiger partial charge in [-0.3, -0.25) is 4.79 Å². The Morgan fingerprint density at radius 2 is 2.14 bits per heavy atom. The maximum absolute atomic E-state index is 11.0. The maximum atomic E-state index is 11.0. The van der Waals surface area contributed by atoms with Crippen molar-refractivity contribution in [3.05, 3.63) is 12.7 Å². The first kappa shape index (κ1) is 12.9. The first-order valence-corrected chi connectivity index (χ1v) is 5.00. The van der Waals surface area contributed by atoms with Crippen LogP contribution in [0.5, 0.6) is 0 Å². The van der Waals surface area contributed by atoms with Crippen molar-refractivity contribution < 1.29 is 17.9 Å². The molecule has 2 unspecified atom stereocenters. The highest BCUT2D eigenvalue weighted by molar-refractivity contribution is 7.71. The number of carbonyl (C=O) groups excluding carboxylic acids is 1. The second-order valence-electron chi connectivity index (χ2n) is 2.91. The largest absolute Gasteiger partial charge is 0.367 e. The molecular weight excluding hydrogens is 206 g/mol. The van der Waals surface area contributed by atoms with Gasteiger partial charge in [0.05, 0.1) is 11.5 Å². The van der Waals surface area contributed by atoms with Crippen LogP contribution in [0.1, 0.15) is 13.8 Å². The molecule has 0 bridgehead atoms. The number of carbonyl (C=O) groups is 1. The van der Waals surface area contributed by atoms with Crippen molar-refractivity contribution in [1.82, 2.24) is 0 Å². The SMILES string of the molecule is C=CC(C)OC(C)(C=S(=O)=O)C(N)=O. The number of primary amides is 1. The van der Waals surface area contributed by atoms with Crippen molar-refractivity contribution in [2.24, 2.45) is 5.73 Å². The number of nitrogens with two attached hydrogens (primary N) is 1. The molecular formula is C8H13NO4S. The number of hydrogen-bond acceptors (Lipinski definition) is 4. The van der Waals surface area contributed by atoms with Gasteiger partial charge in [0.25, 0.3) is 5.91 Å². The zero-order chi connectivity index (χ0) is 11.4. The van der Waals surface area contributed by atoms with Gasteiger partial charge in [0.2, 0.25) is 10.3 Å². The minimum Gasteiger partial charge on any atom is -0.367 e. The Hall–Kier alpha value is -1.14. The van der Waals surface area contributed by atoms with Gasteiger partial charge in [0.15, 0.2) is 5.60 Å². The monoisotopic (exact) mass is 219 g/mol. The molecule has 0 saturated heterocycles. The third-order valence-corrected chi connectivity index (χ3v) is 2.22. The van der Waals surface area contributed by atoms with Gasteiger partial charge in [0.1, 0.15) is 0 Å². The minimum atomic E-state index is -2.51. The van der Waals surface area contributed by atoms with E-state index in [-0.39, 0.29) is 0 Å². The molecule has 14 heavy (non-hydrogen) atoms. The highest BCUT2D eigenvalue weighted by atomic mass is 32.2. The summed E-state index contributed by atoms with van der Waals surface area (Å²) in [4.78, 5) is 11.0. The lowest BCUT2D eigenvalue weighted by atomic mass is 10.1. The quantitative estimate of drug-likeness (QED) is 0.499. The summed E-state index contributed by atoms with van der Waals surface area (Å²) < 4.78 is 26.0. The van der Waals surface area contributed by atoms with E-state index in [0.29, 0.717) is 0 Å². The van der Waals surface area contributed by atoms with Crippen LogP contribution in [-0.2, 0) is 19.8 Å². The molecule has 0 fully saturated rings. The number of amides is 1. The van der Waals surface area contributed by atoms with E-state index in [1.54, 1.807) is 6.92 Å². The molecule has 0 aliphatic rings. The molecule has 0 aromatic carbocycles. The fourth-order valence-electron chi connectivity index (χ4n) is 0.762. The van der Waals surface area contributed by atoms with Crippen LogP contribution in [0.15, 0.2) is 12.7 Å². The van der Waals surface area contributed by atoms with Crippen molar-refractivity contribution >= 4 is 21.6 Å². The van der Waals surface area contributed by atoms with Crippen LogP contribution in [0.25, 0.3) is 0 Å². The van der Waals surface area contributed by atoms with Crippen LogP contribution in [-0.4, -0.2) is 31.4 Å². The molecule has 2 N–H and O–H groups in total. The van der Waals surface area contributed by atoms with Crippen molar-refractivity contribution in [1.29, 1.82) is 0 Å². The molecule has 0 radical (unpaired) electrons. The highest BCUT2D eigenvalue weighted by Crippen LogP contribution is 2.10. The molecule has 0 aliphatic carbocycles. The van der Waals surface area contributed by atoms with E-state index in [1.165, 1.54) is 13.0 Å². The van der Waals surface area contributed by atoms with Crippen LogP contribution in [0.4, 0.5) is 0 Å². The van der Waals surface area contributed by atoms with Gasteiger partial charge in [-0.2, -0.15) is 8.42 Å².